The molecule has 1 saturated heterocycles. The highest BCUT2D eigenvalue weighted by Gasteiger charge is 2.60. The van der Waals surface area contributed by atoms with Gasteiger partial charge in [0.05, 0.1) is 18.3 Å². The SMILES string of the molecule is CCOC(=O)C12CC=C(CCCO)C(C1)C(c1ccc(O)c(F)c1)OC2(C)C. The van der Waals surface area contributed by atoms with Crippen LogP contribution in [0.1, 0.15) is 58.1 Å². The van der Waals surface area contributed by atoms with Gasteiger partial charge < -0.3 is 19.7 Å². The second-order valence-corrected chi connectivity index (χ2v) is 8.18. The molecule has 6 heteroatoms. The molecule has 1 aromatic carbocycles. The summed E-state index contributed by atoms with van der Waals surface area (Å²) in [6.45, 7) is 5.94. The predicted molar refractivity (Wildman–Crippen MR) is 102 cm³/mol. The Kier molecular flexibility index (Phi) is 5.82. The van der Waals surface area contributed by atoms with Crippen LogP contribution in [0.3, 0.4) is 0 Å². The number of rotatable bonds is 6. The van der Waals surface area contributed by atoms with Crippen LogP contribution in [0.5, 0.6) is 5.75 Å². The molecule has 2 bridgehead atoms. The molecule has 5 nitrogen and oxygen atoms in total. The molecule has 3 unspecified atom stereocenters. The summed E-state index contributed by atoms with van der Waals surface area (Å²) < 4.78 is 25.9. The lowest BCUT2D eigenvalue weighted by molar-refractivity contribution is -0.225. The number of benzene rings is 1. The number of carbonyl (C=O) groups is 1. The minimum absolute atomic E-state index is 0.0813. The third-order valence-corrected chi connectivity index (χ3v) is 6.29. The van der Waals surface area contributed by atoms with Gasteiger partial charge in [-0.2, -0.15) is 0 Å². The van der Waals surface area contributed by atoms with Gasteiger partial charge in [-0.05, 0) is 64.2 Å². The van der Waals surface area contributed by atoms with E-state index in [9.17, 15) is 19.4 Å². The van der Waals surface area contributed by atoms with Crippen LogP contribution in [0, 0.1) is 17.2 Å². The lowest BCUT2D eigenvalue weighted by Crippen LogP contribution is -2.58. The van der Waals surface area contributed by atoms with E-state index >= 15 is 0 Å². The van der Waals surface area contributed by atoms with E-state index < -0.39 is 28.7 Å². The maximum absolute atomic E-state index is 14.0. The number of ether oxygens (including phenoxy) is 2. The fourth-order valence-corrected chi connectivity index (χ4v) is 4.60. The highest BCUT2D eigenvalue weighted by atomic mass is 19.1. The molecule has 2 N–H and O–H groups in total. The molecule has 0 spiro atoms. The molecule has 1 heterocycles. The summed E-state index contributed by atoms with van der Waals surface area (Å²) in [5.74, 6) is -1.49. The number of aliphatic hydroxyl groups is 1. The van der Waals surface area contributed by atoms with Crippen molar-refractivity contribution in [1.82, 2.24) is 0 Å². The van der Waals surface area contributed by atoms with E-state index in [2.05, 4.69) is 6.08 Å². The minimum atomic E-state index is -0.812. The molecule has 0 radical (unpaired) electrons. The van der Waals surface area contributed by atoms with Crippen molar-refractivity contribution in [2.24, 2.45) is 11.3 Å². The highest BCUT2D eigenvalue weighted by Crippen LogP contribution is 2.59. The Hall–Kier alpha value is -1.92. The zero-order chi connectivity index (χ0) is 20.5. The van der Waals surface area contributed by atoms with Crippen molar-refractivity contribution < 1.29 is 28.9 Å². The van der Waals surface area contributed by atoms with Gasteiger partial charge in [0.15, 0.2) is 11.6 Å². The van der Waals surface area contributed by atoms with Gasteiger partial charge in [0.1, 0.15) is 5.41 Å². The number of phenols is 1. The Labute approximate surface area is 165 Å². The summed E-state index contributed by atoms with van der Waals surface area (Å²) in [7, 11) is 0. The summed E-state index contributed by atoms with van der Waals surface area (Å²) in [6.07, 6.45) is 4.01. The third-order valence-electron chi connectivity index (χ3n) is 6.29. The lowest BCUT2D eigenvalue weighted by Gasteiger charge is -2.55. The number of esters is 1. The van der Waals surface area contributed by atoms with E-state index in [1.54, 1.807) is 13.0 Å². The second kappa shape index (κ2) is 7.84. The molecule has 1 aliphatic heterocycles. The number of hydrogen-bond donors (Lipinski definition) is 2. The van der Waals surface area contributed by atoms with Crippen molar-refractivity contribution in [2.75, 3.05) is 13.2 Å². The molecule has 28 heavy (non-hydrogen) atoms. The Morgan fingerprint density at radius 1 is 1.39 bits per heavy atom. The van der Waals surface area contributed by atoms with Crippen LogP contribution >= 0.6 is 0 Å². The molecule has 3 rings (SSSR count). The second-order valence-electron chi connectivity index (χ2n) is 8.18. The van der Waals surface area contributed by atoms with Crippen LogP contribution < -0.4 is 0 Å². The number of aliphatic hydroxyl groups excluding tert-OH is 1. The molecule has 3 atom stereocenters. The van der Waals surface area contributed by atoms with Crippen molar-refractivity contribution in [3.63, 3.8) is 0 Å². The maximum Gasteiger partial charge on any atom is 0.315 e. The first kappa shape index (κ1) is 20.8. The Morgan fingerprint density at radius 2 is 2.14 bits per heavy atom. The summed E-state index contributed by atoms with van der Waals surface area (Å²) in [6, 6.07) is 4.29. The third kappa shape index (κ3) is 3.44. The highest BCUT2D eigenvalue weighted by molar-refractivity contribution is 5.79. The molecule has 0 saturated carbocycles. The molecule has 1 aromatic rings. The fourth-order valence-electron chi connectivity index (χ4n) is 4.60. The molecule has 1 fully saturated rings. The van der Waals surface area contributed by atoms with E-state index in [0.717, 1.165) is 5.57 Å². The molecular formula is C22H29FO5. The van der Waals surface area contributed by atoms with Crippen LogP contribution in [0.15, 0.2) is 29.8 Å². The first-order chi connectivity index (χ1) is 13.3. The quantitative estimate of drug-likeness (QED) is 0.564. The van der Waals surface area contributed by atoms with Crippen LogP contribution in [-0.4, -0.2) is 35.0 Å². The number of fused-ring (bicyclic) bond motifs is 2. The zero-order valence-corrected chi connectivity index (χ0v) is 16.7. The smallest absolute Gasteiger partial charge is 0.315 e. The van der Waals surface area contributed by atoms with Crippen LogP contribution in [0.4, 0.5) is 4.39 Å². The van der Waals surface area contributed by atoms with Crippen LogP contribution in [0.25, 0.3) is 0 Å². The molecule has 2 aliphatic rings. The Morgan fingerprint density at radius 3 is 2.79 bits per heavy atom. The Balaban J connectivity index is 2.04. The zero-order valence-electron chi connectivity index (χ0n) is 16.7. The van der Waals surface area contributed by atoms with Crippen molar-refractivity contribution in [1.29, 1.82) is 0 Å². The van der Waals surface area contributed by atoms with Gasteiger partial charge in [0.2, 0.25) is 0 Å². The predicted octanol–water partition coefficient (Wildman–Crippen LogP) is 4.04. The minimum Gasteiger partial charge on any atom is -0.505 e. The van der Waals surface area contributed by atoms with Gasteiger partial charge >= 0.3 is 5.97 Å². The summed E-state index contributed by atoms with van der Waals surface area (Å²) in [5.41, 5.74) is 0.126. The monoisotopic (exact) mass is 392 g/mol. The summed E-state index contributed by atoms with van der Waals surface area (Å²) >= 11 is 0. The standard InChI is InChI=1S/C22H29FO5/c1-4-27-20(26)22-10-9-14(6-5-11-24)16(13-22)19(28-21(22,2)3)15-7-8-18(25)17(23)12-15/h7-9,12,16,19,24-25H,4-6,10-11,13H2,1-3H3. The van der Waals surface area contributed by atoms with Crippen molar-refractivity contribution in [3.05, 3.63) is 41.2 Å². The first-order valence-corrected chi connectivity index (χ1v) is 9.89. The topological polar surface area (TPSA) is 76.0 Å². The molecule has 1 aliphatic carbocycles. The fraction of sp³-hybridized carbons (Fsp3) is 0.591. The van der Waals surface area contributed by atoms with Gasteiger partial charge in [-0.15, -0.1) is 0 Å². The normalized spacial score (nSPS) is 28.5. The van der Waals surface area contributed by atoms with Gasteiger partial charge in [0.25, 0.3) is 0 Å². The number of halogens is 1. The largest absolute Gasteiger partial charge is 0.505 e. The first-order valence-electron chi connectivity index (χ1n) is 9.89. The summed E-state index contributed by atoms with van der Waals surface area (Å²) in [4.78, 5) is 12.9. The molecule has 0 amide bonds. The molecule has 154 valence electrons. The molecule has 0 aromatic heterocycles. The van der Waals surface area contributed by atoms with Crippen molar-refractivity contribution in [3.8, 4) is 5.75 Å². The van der Waals surface area contributed by atoms with Gasteiger partial charge in [0, 0.05) is 12.5 Å². The molecular weight excluding hydrogens is 363 g/mol. The van der Waals surface area contributed by atoms with E-state index in [4.69, 9.17) is 9.47 Å². The van der Waals surface area contributed by atoms with Crippen molar-refractivity contribution >= 4 is 5.97 Å². The van der Waals surface area contributed by atoms with Gasteiger partial charge in [-0.1, -0.05) is 17.7 Å². The maximum atomic E-state index is 14.0. The van der Waals surface area contributed by atoms with Crippen molar-refractivity contribution in [2.45, 2.75) is 58.2 Å². The van der Waals surface area contributed by atoms with E-state index in [1.165, 1.54) is 12.1 Å². The van der Waals surface area contributed by atoms with Gasteiger partial charge in [-0.3, -0.25) is 4.79 Å². The lowest BCUT2D eigenvalue weighted by atomic mass is 9.58. The van der Waals surface area contributed by atoms with Crippen LogP contribution in [0.2, 0.25) is 0 Å². The van der Waals surface area contributed by atoms with Crippen LogP contribution in [-0.2, 0) is 14.3 Å². The van der Waals surface area contributed by atoms with Gasteiger partial charge in [-0.25, -0.2) is 4.39 Å². The van der Waals surface area contributed by atoms with E-state index in [-0.39, 0.29) is 18.5 Å². The number of aromatic hydroxyl groups is 1. The van der Waals surface area contributed by atoms with E-state index in [1.807, 2.05) is 13.8 Å². The number of phenolic OH excluding ortho intramolecular Hbond substituents is 1. The Bertz CT molecular complexity index is 772. The average Bonchev–Trinajstić information content (AvgIpc) is 2.66. The number of allylic oxidation sites excluding steroid dienone is 1. The number of hydrogen-bond acceptors (Lipinski definition) is 5. The summed E-state index contributed by atoms with van der Waals surface area (Å²) in [5, 5.41) is 18.8. The number of carbonyl (C=O) groups excluding carboxylic acids is 1. The average molecular weight is 392 g/mol. The van der Waals surface area contributed by atoms with E-state index in [0.29, 0.717) is 37.9 Å².